The van der Waals surface area contributed by atoms with Gasteiger partial charge < -0.3 is 10.5 Å². The molecule has 1 aromatic carbocycles. The molecule has 0 amide bonds. The number of nitrogens with two attached hydrogens (primary N) is 1. The lowest BCUT2D eigenvalue weighted by atomic mass is 10.2. The van der Waals surface area contributed by atoms with Crippen LogP contribution in [0.1, 0.15) is 19.0 Å². The summed E-state index contributed by atoms with van der Waals surface area (Å²) in [5.74, 6) is 0.839. The zero-order chi connectivity index (χ0) is 12.3. The van der Waals surface area contributed by atoms with E-state index in [0.29, 0.717) is 0 Å². The van der Waals surface area contributed by atoms with Crippen LogP contribution in [-0.2, 0) is 6.42 Å². The summed E-state index contributed by atoms with van der Waals surface area (Å²) in [7, 11) is 1.66. The lowest BCUT2D eigenvalue weighted by molar-refractivity contribution is 0.414. The Kier molecular flexibility index (Phi) is 3.32. The van der Waals surface area contributed by atoms with E-state index in [1.807, 2.05) is 28.9 Å². The second-order valence-corrected chi connectivity index (χ2v) is 3.91. The van der Waals surface area contributed by atoms with Crippen LogP contribution in [0.2, 0.25) is 0 Å². The number of nitrogens with zero attached hydrogens (tertiary/aromatic N) is 2. The first-order valence-corrected chi connectivity index (χ1v) is 5.73. The van der Waals surface area contributed by atoms with Crippen LogP contribution in [-0.4, -0.2) is 16.9 Å². The van der Waals surface area contributed by atoms with Gasteiger partial charge in [-0.2, -0.15) is 5.10 Å². The van der Waals surface area contributed by atoms with Gasteiger partial charge in [-0.15, -0.1) is 0 Å². The van der Waals surface area contributed by atoms with Crippen molar-refractivity contribution in [1.82, 2.24) is 9.78 Å². The highest BCUT2D eigenvalue weighted by Crippen LogP contribution is 2.20. The van der Waals surface area contributed by atoms with Crippen LogP contribution >= 0.6 is 0 Å². The van der Waals surface area contributed by atoms with Crippen LogP contribution in [0.3, 0.4) is 0 Å². The van der Waals surface area contributed by atoms with Crippen molar-refractivity contribution in [2.24, 2.45) is 0 Å². The molecule has 2 rings (SSSR count). The molecule has 0 aliphatic carbocycles. The Bertz CT molecular complexity index is 488. The van der Waals surface area contributed by atoms with Crippen LogP contribution in [0, 0.1) is 0 Å². The monoisotopic (exact) mass is 231 g/mol. The van der Waals surface area contributed by atoms with Gasteiger partial charge in [0, 0.05) is 0 Å². The summed E-state index contributed by atoms with van der Waals surface area (Å²) >= 11 is 0. The summed E-state index contributed by atoms with van der Waals surface area (Å²) in [4.78, 5) is 0. The van der Waals surface area contributed by atoms with Gasteiger partial charge in [0.25, 0.3) is 0 Å². The van der Waals surface area contributed by atoms with Crippen LogP contribution in [0.5, 0.6) is 5.75 Å². The summed E-state index contributed by atoms with van der Waals surface area (Å²) in [5.41, 5.74) is 8.74. The number of hydrogen-bond acceptors (Lipinski definition) is 3. The lowest BCUT2D eigenvalue weighted by Gasteiger charge is -2.08. The van der Waals surface area contributed by atoms with E-state index in [1.165, 1.54) is 0 Å². The number of benzene rings is 1. The summed E-state index contributed by atoms with van der Waals surface area (Å²) in [6, 6.07) is 7.79. The molecule has 0 unspecified atom stereocenters. The number of nitrogen functional groups attached to an aromatic ring is 1. The molecule has 17 heavy (non-hydrogen) atoms. The van der Waals surface area contributed by atoms with Gasteiger partial charge in [-0.1, -0.05) is 13.3 Å². The summed E-state index contributed by atoms with van der Waals surface area (Å²) in [6.07, 6.45) is 3.68. The molecular weight excluding hydrogens is 214 g/mol. The van der Waals surface area contributed by atoms with Crippen LogP contribution in [0.4, 0.5) is 5.69 Å². The third kappa shape index (κ3) is 2.25. The molecule has 0 atom stereocenters. The standard InChI is InChI=1S/C13H17N3O/c1-3-4-13-12(14)9-15-16(13)10-5-7-11(17-2)8-6-10/h5-9H,3-4,14H2,1-2H3. The number of aromatic nitrogens is 2. The molecule has 2 aromatic rings. The average Bonchev–Trinajstić information content (AvgIpc) is 2.72. The average molecular weight is 231 g/mol. The summed E-state index contributed by atoms with van der Waals surface area (Å²) in [6.45, 7) is 2.13. The van der Waals surface area contributed by atoms with Gasteiger partial charge >= 0.3 is 0 Å². The van der Waals surface area contributed by atoms with Gasteiger partial charge in [-0.05, 0) is 30.7 Å². The van der Waals surface area contributed by atoms with E-state index < -0.39 is 0 Å². The molecule has 0 saturated heterocycles. The minimum absolute atomic E-state index is 0.752. The minimum atomic E-state index is 0.752. The molecule has 2 N–H and O–H groups in total. The molecule has 0 aliphatic heterocycles. The fraction of sp³-hybridized carbons (Fsp3) is 0.308. The zero-order valence-electron chi connectivity index (χ0n) is 10.2. The number of ether oxygens (including phenoxy) is 1. The fourth-order valence-electron chi connectivity index (χ4n) is 1.82. The summed E-state index contributed by atoms with van der Waals surface area (Å²) < 4.78 is 7.02. The third-order valence-electron chi connectivity index (χ3n) is 2.70. The van der Waals surface area contributed by atoms with Crippen molar-refractivity contribution >= 4 is 5.69 Å². The molecule has 0 radical (unpaired) electrons. The third-order valence-corrected chi connectivity index (χ3v) is 2.70. The van der Waals surface area contributed by atoms with Gasteiger partial charge in [0.05, 0.1) is 30.4 Å². The van der Waals surface area contributed by atoms with E-state index in [-0.39, 0.29) is 0 Å². The number of rotatable bonds is 4. The highest BCUT2D eigenvalue weighted by molar-refractivity contribution is 5.47. The smallest absolute Gasteiger partial charge is 0.119 e. The van der Waals surface area contributed by atoms with Crippen molar-refractivity contribution in [3.63, 3.8) is 0 Å². The first-order valence-electron chi connectivity index (χ1n) is 5.73. The maximum absolute atomic E-state index is 5.91. The predicted octanol–water partition coefficient (Wildman–Crippen LogP) is 2.42. The van der Waals surface area contributed by atoms with Gasteiger partial charge in [0.1, 0.15) is 5.75 Å². The molecule has 0 bridgehead atoms. The quantitative estimate of drug-likeness (QED) is 0.879. The van der Waals surface area contributed by atoms with Crippen molar-refractivity contribution < 1.29 is 4.74 Å². The SMILES string of the molecule is CCCc1c(N)cnn1-c1ccc(OC)cc1. The molecule has 4 heteroatoms. The highest BCUT2D eigenvalue weighted by atomic mass is 16.5. The zero-order valence-corrected chi connectivity index (χ0v) is 10.2. The normalized spacial score (nSPS) is 10.5. The van der Waals surface area contributed by atoms with Gasteiger partial charge in [-0.25, -0.2) is 4.68 Å². The Morgan fingerprint density at radius 2 is 2.00 bits per heavy atom. The Morgan fingerprint density at radius 1 is 1.29 bits per heavy atom. The predicted molar refractivity (Wildman–Crippen MR) is 68.5 cm³/mol. The molecule has 0 fully saturated rings. The number of anilines is 1. The molecule has 1 heterocycles. The maximum Gasteiger partial charge on any atom is 0.119 e. The van der Waals surface area contributed by atoms with E-state index in [9.17, 15) is 0 Å². The number of hydrogen-bond donors (Lipinski definition) is 1. The van der Waals surface area contributed by atoms with E-state index in [1.54, 1.807) is 13.3 Å². The van der Waals surface area contributed by atoms with E-state index in [4.69, 9.17) is 10.5 Å². The Morgan fingerprint density at radius 3 is 2.59 bits per heavy atom. The Hall–Kier alpha value is -1.97. The fourth-order valence-corrected chi connectivity index (χ4v) is 1.82. The molecule has 0 saturated carbocycles. The Labute approximate surface area is 101 Å². The first kappa shape index (κ1) is 11.5. The van der Waals surface area contributed by atoms with E-state index in [0.717, 1.165) is 35.7 Å². The van der Waals surface area contributed by atoms with Crippen LogP contribution in [0.25, 0.3) is 5.69 Å². The van der Waals surface area contributed by atoms with Crippen LogP contribution in [0.15, 0.2) is 30.5 Å². The van der Waals surface area contributed by atoms with Crippen molar-refractivity contribution in [2.75, 3.05) is 12.8 Å². The summed E-state index contributed by atoms with van der Waals surface area (Å²) in [5, 5.41) is 4.31. The molecule has 90 valence electrons. The van der Waals surface area contributed by atoms with E-state index >= 15 is 0 Å². The molecular formula is C13H17N3O. The maximum atomic E-state index is 5.91. The van der Waals surface area contributed by atoms with Crippen LogP contribution < -0.4 is 10.5 Å². The van der Waals surface area contributed by atoms with Crippen molar-refractivity contribution in [3.05, 3.63) is 36.2 Å². The molecule has 0 spiro atoms. The topological polar surface area (TPSA) is 53.1 Å². The second kappa shape index (κ2) is 4.91. The largest absolute Gasteiger partial charge is 0.497 e. The minimum Gasteiger partial charge on any atom is -0.497 e. The molecule has 4 nitrogen and oxygen atoms in total. The van der Waals surface area contributed by atoms with Gasteiger partial charge in [0.2, 0.25) is 0 Å². The van der Waals surface area contributed by atoms with Gasteiger partial charge in [-0.3, -0.25) is 0 Å². The van der Waals surface area contributed by atoms with Crippen molar-refractivity contribution in [1.29, 1.82) is 0 Å². The van der Waals surface area contributed by atoms with Crippen molar-refractivity contribution in [3.8, 4) is 11.4 Å². The molecule has 1 aromatic heterocycles. The second-order valence-electron chi connectivity index (χ2n) is 3.91. The lowest BCUT2D eigenvalue weighted by Crippen LogP contribution is -2.03. The Balaban J connectivity index is 2.38. The van der Waals surface area contributed by atoms with Crippen molar-refractivity contribution in [2.45, 2.75) is 19.8 Å². The number of methoxy groups -OCH3 is 1. The first-order chi connectivity index (χ1) is 8.26. The van der Waals surface area contributed by atoms with E-state index in [2.05, 4.69) is 12.0 Å². The highest BCUT2D eigenvalue weighted by Gasteiger charge is 2.08. The molecule has 0 aliphatic rings. The van der Waals surface area contributed by atoms with Gasteiger partial charge in [0.15, 0.2) is 0 Å².